The number of amides is 1. The van der Waals surface area contributed by atoms with E-state index in [4.69, 9.17) is 4.74 Å². The first-order valence-corrected chi connectivity index (χ1v) is 9.34. The summed E-state index contributed by atoms with van der Waals surface area (Å²) in [7, 11) is 1.57. The Kier molecular flexibility index (Phi) is 4.97. The van der Waals surface area contributed by atoms with Crippen LogP contribution in [0, 0.1) is 0 Å². The quantitative estimate of drug-likeness (QED) is 0.739. The van der Waals surface area contributed by atoms with E-state index in [-0.39, 0.29) is 18.0 Å². The van der Waals surface area contributed by atoms with E-state index in [0.717, 1.165) is 37.1 Å². The predicted molar refractivity (Wildman–Crippen MR) is 109 cm³/mol. The summed E-state index contributed by atoms with van der Waals surface area (Å²) in [5, 5.41) is 8.75. The first-order chi connectivity index (χ1) is 13.7. The molecule has 1 N–H and O–H groups in total. The summed E-state index contributed by atoms with van der Waals surface area (Å²) in [5.74, 6) is 1.10. The lowest BCUT2D eigenvalue weighted by molar-refractivity contribution is -0.117. The number of rotatable bonds is 5. The molecule has 0 spiro atoms. The van der Waals surface area contributed by atoms with Crippen LogP contribution in [0.2, 0.25) is 0 Å². The molecule has 0 saturated carbocycles. The zero-order chi connectivity index (χ0) is 19.5. The van der Waals surface area contributed by atoms with Crippen LogP contribution >= 0.6 is 0 Å². The van der Waals surface area contributed by atoms with Crippen molar-refractivity contribution < 1.29 is 9.53 Å². The van der Waals surface area contributed by atoms with E-state index < -0.39 is 0 Å². The van der Waals surface area contributed by atoms with Crippen molar-refractivity contribution >= 4 is 28.2 Å². The summed E-state index contributed by atoms with van der Waals surface area (Å²) in [4.78, 5) is 27.6. The number of carbonyl (C=O) groups is 1. The van der Waals surface area contributed by atoms with Gasteiger partial charge in [-0.1, -0.05) is 24.3 Å². The number of fused-ring (bicyclic) bond motifs is 1. The van der Waals surface area contributed by atoms with Gasteiger partial charge in [0.15, 0.2) is 5.82 Å². The first-order valence-electron chi connectivity index (χ1n) is 9.34. The van der Waals surface area contributed by atoms with E-state index in [2.05, 4.69) is 15.3 Å². The van der Waals surface area contributed by atoms with Gasteiger partial charge in [-0.15, -0.1) is 0 Å². The van der Waals surface area contributed by atoms with Gasteiger partial charge in [-0.25, -0.2) is 4.68 Å². The average Bonchev–Trinajstić information content (AvgIpc) is 3.25. The van der Waals surface area contributed by atoms with Crippen LogP contribution in [0.25, 0.3) is 10.8 Å². The summed E-state index contributed by atoms with van der Waals surface area (Å²) < 4.78 is 6.43. The van der Waals surface area contributed by atoms with Gasteiger partial charge in [-0.2, -0.15) is 5.10 Å². The molecule has 28 heavy (non-hydrogen) atoms. The highest BCUT2D eigenvalue weighted by Crippen LogP contribution is 2.25. The maximum absolute atomic E-state index is 12.9. The molecule has 2 heterocycles. The molecule has 7 heteroatoms. The molecule has 1 aliphatic heterocycles. The van der Waals surface area contributed by atoms with Gasteiger partial charge in [0.2, 0.25) is 5.91 Å². The molecule has 2 aromatic carbocycles. The Morgan fingerprint density at radius 1 is 1.11 bits per heavy atom. The van der Waals surface area contributed by atoms with E-state index >= 15 is 0 Å². The van der Waals surface area contributed by atoms with Crippen LogP contribution in [0.1, 0.15) is 12.8 Å². The van der Waals surface area contributed by atoms with Crippen LogP contribution in [0.3, 0.4) is 0 Å². The summed E-state index contributed by atoms with van der Waals surface area (Å²) in [6, 6.07) is 14.5. The molecule has 0 atom stereocenters. The van der Waals surface area contributed by atoms with Gasteiger partial charge in [0.05, 0.1) is 12.5 Å². The van der Waals surface area contributed by atoms with Crippen molar-refractivity contribution in [1.29, 1.82) is 0 Å². The fourth-order valence-electron chi connectivity index (χ4n) is 3.52. The minimum Gasteiger partial charge on any atom is -0.497 e. The topological polar surface area (TPSA) is 76.5 Å². The van der Waals surface area contributed by atoms with Gasteiger partial charge in [-0.3, -0.25) is 9.59 Å². The smallest absolute Gasteiger partial charge is 0.275 e. The van der Waals surface area contributed by atoms with E-state index in [1.54, 1.807) is 37.4 Å². The van der Waals surface area contributed by atoms with Crippen molar-refractivity contribution in [2.75, 3.05) is 30.4 Å². The number of carbonyl (C=O) groups excluding carboxylic acids is 1. The highest BCUT2D eigenvalue weighted by Gasteiger charge is 2.20. The van der Waals surface area contributed by atoms with Crippen molar-refractivity contribution in [2.24, 2.45) is 0 Å². The second-order valence-corrected chi connectivity index (χ2v) is 6.81. The normalized spacial score (nSPS) is 13.7. The number of hydrogen-bond acceptors (Lipinski definition) is 5. The first kappa shape index (κ1) is 18.0. The van der Waals surface area contributed by atoms with Crippen LogP contribution in [-0.2, 0) is 11.3 Å². The SMILES string of the molecule is COc1cccc(NC(=O)Cn2nc(N3CCCC3)c3ccccc3c2=O)c1. The molecule has 0 aliphatic carbocycles. The largest absolute Gasteiger partial charge is 0.497 e. The Balaban J connectivity index is 1.65. The number of nitrogens with zero attached hydrogens (tertiary/aromatic N) is 3. The molecular formula is C21H22N4O3. The summed E-state index contributed by atoms with van der Waals surface area (Å²) >= 11 is 0. The second-order valence-electron chi connectivity index (χ2n) is 6.81. The predicted octanol–water partition coefficient (Wildman–Crippen LogP) is 2.64. The minimum atomic E-state index is -0.314. The molecule has 0 unspecified atom stereocenters. The molecule has 7 nitrogen and oxygen atoms in total. The molecule has 1 amide bonds. The van der Waals surface area contributed by atoms with Crippen molar-refractivity contribution in [2.45, 2.75) is 19.4 Å². The maximum Gasteiger partial charge on any atom is 0.275 e. The third kappa shape index (κ3) is 3.55. The Morgan fingerprint density at radius 3 is 2.61 bits per heavy atom. The van der Waals surface area contributed by atoms with E-state index in [1.165, 1.54) is 4.68 Å². The molecule has 0 bridgehead atoms. The Morgan fingerprint density at radius 2 is 1.86 bits per heavy atom. The van der Waals surface area contributed by atoms with Gasteiger partial charge in [0.1, 0.15) is 12.3 Å². The van der Waals surface area contributed by atoms with Crippen molar-refractivity contribution in [1.82, 2.24) is 9.78 Å². The summed E-state index contributed by atoms with van der Waals surface area (Å²) in [6.07, 6.45) is 2.21. The number of ether oxygens (including phenoxy) is 1. The monoisotopic (exact) mass is 378 g/mol. The van der Waals surface area contributed by atoms with Crippen LogP contribution in [0.15, 0.2) is 53.3 Å². The molecule has 1 aromatic heterocycles. The fourth-order valence-corrected chi connectivity index (χ4v) is 3.52. The number of anilines is 2. The molecule has 0 radical (unpaired) electrons. The molecule has 4 rings (SSSR count). The van der Waals surface area contributed by atoms with Gasteiger partial charge in [0, 0.05) is 30.2 Å². The highest BCUT2D eigenvalue weighted by molar-refractivity contribution is 5.93. The lowest BCUT2D eigenvalue weighted by Gasteiger charge is -2.19. The molecule has 1 aliphatic rings. The average molecular weight is 378 g/mol. The Bertz CT molecular complexity index is 1070. The van der Waals surface area contributed by atoms with E-state index in [9.17, 15) is 9.59 Å². The third-order valence-corrected chi connectivity index (χ3v) is 4.90. The lowest BCUT2D eigenvalue weighted by Crippen LogP contribution is -2.32. The van der Waals surface area contributed by atoms with Crippen LogP contribution in [0.5, 0.6) is 5.75 Å². The standard InChI is InChI=1S/C21H22N4O3/c1-28-16-8-6-7-15(13-16)22-19(26)14-25-21(27)18-10-3-2-9-17(18)20(23-25)24-11-4-5-12-24/h2-3,6-10,13H,4-5,11-12,14H2,1H3,(H,22,26). The van der Waals surface area contributed by atoms with Crippen molar-refractivity contribution in [3.8, 4) is 5.75 Å². The minimum absolute atomic E-state index is 0.151. The van der Waals surface area contributed by atoms with Gasteiger partial charge < -0.3 is 15.0 Å². The number of methoxy groups -OCH3 is 1. The zero-order valence-corrected chi connectivity index (χ0v) is 15.7. The Labute approximate surface area is 162 Å². The molecule has 1 saturated heterocycles. The molecular weight excluding hydrogens is 356 g/mol. The summed E-state index contributed by atoms with van der Waals surface area (Å²) in [5.41, 5.74) is 0.345. The van der Waals surface area contributed by atoms with Crippen molar-refractivity contribution in [3.05, 3.63) is 58.9 Å². The maximum atomic E-state index is 12.9. The van der Waals surface area contributed by atoms with Crippen molar-refractivity contribution in [3.63, 3.8) is 0 Å². The molecule has 144 valence electrons. The lowest BCUT2D eigenvalue weighted by atomic mass is 10.2. The number of aromatic nitrogens is 2. The number of nitrogens with one attached hydrogen (secondary N) is 1. The second kappa shape index (κ2) is 7.72. The molecule has 1 fully saturated rings. The van der Waals surface area contributed by atoms with Crippen LogP contribution < -0.4 is 20.5 Å². The van der Waals surface area contributed by atoms with E-state index in [1.807, 2.05) is 18.2 Å². The third-order valence-electron chi connectivity index (χ3n) is 4.90. The zero-order valence-electron chi connectivity index (χ0n) is 15.7. The van der Waals surface area contributed by atoms with Crippen LogP contribution in [-0.4, -0.2) is 35.9 Å². The number of hydrogen-bond donors (Lipinski definition) is 1. The van der Waals surface area contributed by atoms with E-state index in [0.29, 0.717) is 16.8 Å². The van der Waals surface area contributed by atoms with Gasteiger partial charge >= 0.3 is 0 Å². The number of benzene rings is 2. The fraction of sp³-hybridized carbons (Fsp3) is 0.286. The Hall–Kier alpha value is -3.35. The summed E-state index contributed by atoms with van der Waals surface area (Å²) in [6.45, 7) is 1.66. The molecule has 3 aromatic rings. The highest BCUT2D eigenvalue weighted by atomic mass is 16.5. The van der Waals surface area contributed by atoms with Gasteiger partial charge in [-0.05, 0) is 31.0 Å². The van der Waals surface area contributed by atoms with Gasteiger partial charge in [0.25, 0.3) is 5.56 Å². The van der Waals surface area contributed by atoms with Crippen LogP contribution in [0.4, 0.5) is 11.5 Å².